The second-order valence-corrected chi connectivity index (χ2v) is 8.22. The summed E-state index contributed by atoms with van der Waals surface area (Å²) in [7, 11) is 0. The molecule has 3 aromatic rings. The summed E-state index contributed by atoms with van der Waals surface area (Å²) in [4.78, 5) is 17.3. The Kier molecular flexibility index (Phi) is 6.61. The Morgan fingerprint density at radius 1 is 0.968 bits per heavy atom. The Morgan fingerprint density at radius 3 is 2.39 bits per heavy atom. The summed E-state index contributed by atoms with van der Waals surface area (Å²) in [6, 6.07) is 24.4. The zero-order valence-corrected chi connectivity index (χ0v) is 17.9. The van der Waals surface area contributed by atoms with Crippen LogP contribution in [0.1, 0.15) is 29.7 Å². The number of nitrogens with zero attached hydrogens (tertiary/aromatic N) is 3. The maximum atomic E-state index is 12.7. The second kappa shape index (κ2) is 9.74. The number of fused-ring (bicyclic) bond motifs is 1. The van der Waals surface area contributed by atoms with E-state index in [2.05, 4.69) is 52.4 Å². The quantitative estimate of drug-likeness (QED) is 0.671. The maximum absolute atomic E-state index is 12.7. The molecule has 5 nitrogen and oxygen atoms in total. The molecule has 3 aromatic carbocycles. The highest BCUT2D eigenvalue weighted by atomic mass is 16.2. The lowest BCUT2D eigenvalue weighted by molar-refractivity contribution is -0.123. The fourth-order valence-electron chi connectivity index (χ4n) is 4.24. The van der Waals surface area contributed by atoms with E-state index < -0.39 is 0 Å². The van der Waals surface area contributed by atoms with E-state index in [1.54, 1.807) is 0 Å². The monoisotopic (exact) mass is 412 g/mol. The molecule has 0 saturated carbocycles. The van der Waals surface area contributed by atoms with Crippen molar-refractivity contribution in [1.29, 1.82) is 5.26 Å². The van der Waals surface area contributed by atoms with E-state index in [4.69, 9.17) is 5.26 Å². The van der Waals surface area contributed by atoms with E-state index in [0.29, 0.717) is 12.1 Å². The third-order valence-corrected chi connectivity index (χ3v) is 5.99. The Hall–Kier alpha value is -3.20. The van der Waals surface area contributed by atoms with Crippen molar-refractivity contribution < 1.29 is 4.79 Å². The van der Waals surface area contributed by atoms with Crippen molar-refractivity contribution in [1.82, 2.24) is 15.1 Å². The van der Waals surface area contributed by atoms with Gasteiger partial charge in [0.25, 0.3) is 0 Å². The second-order valence-electron chi connectivity index (χ2n) is 8.22. The highest BCUT2D eigenvalue weighted by Crippen LogP contribution is 2.24. The number of hydrogen-bond acceptors (Lipinski definition) is 4. The van der Waals surface area contributed by atoms with Crippen molar-refractivity contribution in [3.8, 4) is 6.07 Å². The highest BCUT2D eigenvalue weighted by molar-refractivity contribution is 5.87. The van der Waals surface area contributed by atoms with Gasteiger partial charge >= 0.3 is 0 Å². The van der Waals surface area contributed by atoms with E-state index in [1.807, 2.05) is 42.5 Å². The molecule has 5 heteroatoms. The van der Waals surface area contributed by atoms with Crippen LogP contribution in [0.15, 0.2) is 66.7 Å². The summed E-state index contributed by atoms with van der Waals surface area (Å²) in [5, 5.41) is 14.5. The Labute approximate surface area is 183 Å². The molecule has 0 unspecified atom stereocenters. The molecule has 1 fully saturated rings. The molecular formula is C26H28N4O. The van der Waals surface area contributed by atoms with Crippen molar-refractivity contribution in [3.63, 3.8) is 0 Å². The standard InChI is InChI=1S/C26H28N4O/c1-20(24-8-4-6-23-5-2-3-7-25(23)24)28-26(31)19-30-15-13-29(14-16-30)18-22-11-9-21(17-27)10-12-22/h2-12,20H,13-16,18-19H2,1H3,(H,28,31)/t20-/m0/s1. The van der Waals surface area contributed by atoms with E-state index >= 15 is 0 Å². The number of piperazine rings is 1. The lowest BCUT2D eigenvalue weighted by Gasteiger charge is -2.34. The van der Waals surface area contributed by atoms with Crippen LogP contribution >= 0.6 is 0 Å². The van der Waals surface area contributed by atoms with E-state index in [-0.39, 0.29) is 11.9 Å². The average Bonchev–Trinajstić information content (AvgIpc) is 2.80. The van der Waals surface area contributed by atoms with Crippen LogP contribution in [0.2, 0.25) is 0 Å². The van der Waals surface area contributed by atoms with Crippen molar-refractivity contribution >= 4 is 16.7 Å². The molecule has 158 valence electrons. The minimum absolute atomic E-state index is 0.0312. The van der Waals surface area contributed by atoms with Crippen LogP contribution in [-0.2, 0) is 11.3 Å². The van der Waals surface area contributed by atoms with E-state index in [9.17, 15) is 4.79 Å². The van der Waals surface area contributed by atoms with Crippen LogP contribution in [-0.4, -0.2) is 48.4 Å². The highest BCUT2D eigenvalue weighted by Gasteiger charge is 2.20. The molecule has 1 N–H and O–H groups in total. The van der Waals surface area contributed by atoms with Gasteiger partial charge in [0.05, 0.1) is 24.2 Å². The third-order valence-electron chi connectivity index (χ3n) is 5.99. The van der Waals surface area contributed by atoms with E-state index in [1.165, 1.54) is 16.3 Å². The molecule has 1 atom stereocenters. The maximum Gasteiger partial charge on any atom is 0.234 e. The number of amides is 1. The third kappa shape index (κ3) is 5.29. The molecule has 0 spiro atoms. The van der Waals surface area contributed by atoms with Gasteiger partial charge in [-0.25, -0.2) is 0 Å². The Bertz CT molecular complexity index is 1070. The Morgan fingerprint density at radius 2 is 1.65 bits per heavy atom. The first-order valence-corrected chi connectivity index (χ1v) is 10.8. The van der Waals surface area contributed by atoms with Crippen LogP contribution < -0.4 is 5.32 Å². The lowest BCUT2D eigenvalue weighted by atomic mass is 10.00. The van der Waals surface area contributed by atoms with Gasteiger partial charge in [0.15, 0.2) is 0 Å². The minimum atomic E-state index is -0.0312. The number of carbonyl (C=O) groups is 1. The first kappa shape index (κ1) is 21.0. The molecule has 1 saturated heterocycles. The number of hydrogen-bond donors (Lipinski definition) is 1. The van der Waals surface area contributed by atoms with E-state index in [0.717, 1.165) is 38.3 Å². The predicted octanol–water partition coefficient (Wildman–Crippen LogP) is 3.71. The number of nitriles is 1. The van der Waals surface area contributed by atoms with Gasteiger partial charge in [0.1, 0.15) is 0 Å². The smallest absolute Gasteiger partial charge is 0.234 e. The van der Waals surface area contributed by atoms with Gasteiger partial charge in [-0.3, -0.25) is 14.6 Å². The largest absolute Gasteiger partial charge is 0.348 e. The topological polar surface area (TPSA) is 59.4 Å². The number of nitrogens with one attached hydrogen (secondary N) is 1. The number of benzene rings is 3. The van der Waals surface area contributed by atoms with Gasteiger partial charge in [0, 0.05) is 32.7 Å². The fourth-order valence-corrected chi connectivity index (χ4v) is 4.24. The molecule has 1 heterocycles. The van der Waals surface area contributed by atoms with Crippen molar-refractivity contribution in [3.05, 3.63) is 83.4 Å². The summed E-state index contributed by atoms with van der Waals surface area (Å²) in [5.74, 6) is 0.0703. The van der Waals surface area contributed by atoms with Crippen LogP contribution in [0.4, 0.5) is 0 Å². The molecule has 31 heavy (non-hydrogen) atoms. The molecule has 0 radical (unpaired) electrons. The van der Waals surface area contributed by atoms with Gasteiger partial charge in [0.2, 0.25) is 5.91 Å². The molecular weight excluding hydrogens is 384 g/mol. The zero-order valence-electron chi connectivity index (χ0n) is 17.9. The summed E-state index contributed by atoms with van der Waals surface area (Å²) in [6.45, 7) is 7.00. The van der Waals surface area contributed by atoms with Crippen LogP contribution in [0.5, 0.6) is 0 Å². The molecule has 0 aromatic heterocycles. The summed E-state index contributed by atoms with van der Waals surface area (Å²) >= 11 is 0. The van der Waals surface area contributed by atoms with Gasteiger partial charge < -0.3 is 5.32 Å². The SMILES string of the molecule is C[C@H](NC(=O)CN1CCN(Cc2ccc(C#N)cc2)CC1)c1cccc2ccccc12. The number of carbonyl (C=O) groups excluding carboxylic acids is 1. The predicted molar refractivity (Wildman–Crippen MR) is 123 cm³/mol. The van der Waals surface area contributed by atoms with Crippen LogP contribution in [0.25, 0.3) is 10.8 Å². The van der Waals surface area contributed by atoms with Crippen molar-refractivity contribution in [2.24, 2.45) is 0 Å². The molecule has 1 aliphatic rings. The van der Waals surface area contributed by atoms with Gasteiger partial charge in [-0.05, 0) is 41.0 Å². The number of rotatable bonds is 6. The van der Waals surface area contributed by atoms with Crippen molar-refractivity contribution in [2.75, 3.05) is 32.7 Å². The molecule has 0 bridgehead atoms. The fraction of sp³-hybridized carbons (Fsp3) is 0.308. The average molecular weight is 413 g/mol. The summed E-state index contributed by atoms with van der Waals surface area (Å²) in [5.41, 5.74) is 3.06. The molecule has 4 rings (SSSR count). The summed E-state index contributed by atoms with van der Waals surface area (Å²) in [6.07, 6.45) is 0. The minimum Gasteiger partial charge on any atom is -0.348 e. The zero-order chi connectivity index (χ0) is 21.6. The first-order chi connectivity index (χ1) is 15.1. The van der Waals surface area contributed by atoms with Crippen LogP contribution in [0, 0.1) is 11.3 Å². The summed E-state index contributed by atoms with van der Waals surface area (Å²) < 4.78 is 0. The van der Waals surface area contributed by atoms with Crippen LogP contribution in [0.3, 0.4) is 0 Å². The molecule has 1 amide bonds. The van der Waals surface area contributed by atoms with Crippen molar-refractivity contribution in [2.45, 2.75) is 19.5 Å². The Balaban J connectivity index is 1.26. The van der Waals surface area contributed by atoms with Gasteiger partial charge in [-0.15, -0.1) is 0 Å². The van der Waals surface area contributed by atoms with Gasteiger partial charge in [-0.1, -0.05) is 54.6 Å². The lowest BCUT2D eigenvalue weighted by Crippen LogP contribution is -2.49. The molecule has 0 aliphatic carbocycles. The normalized spacial score (nSPS) is 16.0. The van der Waals surface area contributed by atoms with Gasteiger partial charge in [-0.2, -0.15) is 5.26 Å². The first-order valence-electron chi connectivity index (χ1n) is 10.8. The molecule has 1 aliphatic heterocycles.